The van der Waals surface area contributed by atoms with Gasteiger partial charge in [0.15, 0.2) is 0 Å². The number of carbonyl (C=O) groups excluding carboxylic acids is 1. The number of likely N-dealkylation sites (tertiary alicyclic amines) is 1. The lowest BCUT2D eigenvalue weighted by Crippen LogP contribution is -2.41. The van der Waals surface area contributed by atoms with Crippen molar-refractivity contribution in [2.24, 2.45) is 5.92 Å². The summed E-state index contributed by atoms with van der Waals surface area (Å²) in [6, 6.07) is 5.17. The molecule has 0 aliphatic carbocycles. The third-order valence-corrected chi connectivity index (χ3v) is 6.89. The van der Waals surface area contributed by atoms with Crippen LogP contribution in [-0.4, -0.2) is 62.1 Å². The minimum atomic E-state index is -3.15. The summed E-state index contributed by atoms with van der Waals surface area (Å²) in [5, 5.41) is 0.413. The number of ether oxygens (including phenoxy) is 1. The number of nitrogens with zero attached hydrogens (tertiary/aromatic N) is 2. The number of benzene rings is 1. The predicted molar refractivity (Wildman–Crippen MR) is 106 cm³/mol. The molecule has 8 heteroatoms. The highest BCUT2D eigenvalue weighted by Gasteiger charge is 2.27. The van der Waals surface area contributed by atoms with Gasteiger partial charge in [-0.2, -0.15) is 0 Å². The number of carbonyl (C=O) groups is 1. The number of piperidine rings is 2. The molecule has 2 aliphatic heterocycles. The standard InChI is InChI=1S/C19H27ClN2O4S/c1-14-4-3-9-21(13-14)19(23)15-5-6-18(17(20)12-15)26-16-7-10-22(11-8-16)27(2,24)25/h5-6,12,14,16H,3-4,7-11,13H2,1-2H3/t14-/m0/s1. The molecule has 0 saturated carbocycles. The molecule has 1 aromatic rings. The third kappa shape index (κ3) is 5.15. The van der Waals surface area contributed by atoms with Crippen molar-refractivity contribution >= 4 is 27.5 Å². The molecular weight excluding hydrogens is 388 g/mol. The number of sulfonamides is 1. The average Bonchev–Trinajstić information content (AvgIpc) is 2.62. The largest absolute Gasteiger partial charge is 0.489 e. The Bertz CT molecular complexity index is 791. The SMILES string of the molecule is C[C@H]1CCCN(C(=O)c2ccc(OC3CCN(S(C)(=O)=O)CC3)c(Cl)c2)C1. The molecule has 6 nitrogen and oxygen atoms in total. The number of hydrogen-bond donors (Lipinski definition) is 0. The van der Waals surface area contributed by atoms with Gasteiger partial charge in [0, 0.05) is 31.7 Å². The molecule has 0 aromatic heterocycles. The van der Waals surface area contributed by atoms with Crippen LogP contribution >= 0.6 is 11.6 Å². The van der Waals surface area contributed by atoms with Crippen LogP contribution in [0.3, 0.4) is 0 Å². The second-order valence-corrected chi connectivity index (χ2v) is 10.0. The van der Waals surface area contributed by atoms with Crippen LogP contribution in [0.5, 0.6) is 5.75 Å². The van der Waals surface area contributed by atoms with E-state index >= 15 is 0 Å². The highest BCUT2D eigenvalue weighted by molar-refractivity contribution is 7.88. The summed E-state index contributed by atoms with van der Waals surface area (Å²) < 4.78 is 30.6. The van der Waals surface area contributed by atoms with E-state index in [0.29, 0.717) is 48.2 Å². The summed E-state index contributed by atoms with van der Waals surface area (Å²) in [6.07, 6.45) is 4.59. The molecule has 150 valence electrons. The van der Waals surface area contributed by atoms with E-state index in [1.54, 1.807) is 18.2 Å². The van der Waals surface area contributed by atoms with Crippen LogP contribution in [0.15, 0.2) is 18.2 Å². The number of hydrogen-bond acceptors (Lipinski definition) is 4. The maximum Gasteiger partial charge on any atom is 0.253 e. The van der Waals surface area contributed by atoms with Gasteiger partial charge in [-0.3, -0.25) is 4.79 Å². The molecule has 0 unspecified atom stereocenters. The highest BCUT2D eigenvalue weighted by atomic mass is 35.5. The van der Waals surface area contributed by atoms with Gasteiger partial charge in [0.05, 0.1) is 11.3 Å². The first-order chi connectivity index (χ1) is 12.7. The molecule has 1 aromatic carbocycles. The van der Waals surface area contributed by atoms with Crippen LogP contribution in [0.4, 0.5) is 0 Å². The Kier molecular flexibility index (Phi) is 6.33. The Balaban J connectivity index is 1.61. The number of amides is 1. The molecule has 2 fully saturated rings. The first-order valence-corrected chi connectivity index (χ1v) is 11.7. The second kappa shape index (κ2) is 8.37. The molecule has 0 spiro atoms. The summed E-state index contributed by atoms with van der Waals surface area (Å²) >= 11 is 6.36. The lowest BCUT2D eigenvalue weighted by atomic mass is 9.99. The zero-order valence-corrected chi connectivity index (χ0v) is 17.4. The van der Waals surface area contributed by atoms with Crippen LogP contribution in [0.2, 0.25) is 5.02 Å². The number of rotatable bonds is 4. The predicted octanol–water partition coefficient (Wildman–Crippen LogP) is 3.01. The van der Waals surface area contributed by atoms with E-state index in [0.717, 1.165) is 25.9 Å². The van der Waals surface area contributed by atoms with Gasteiger partial charge < -0.3 is 9.64 Å². The summed E-state index contributed by atoms with van der Waals surface area (Å²) in [5.74, 6) is 1.08. The van der Waals surface area contributed by atoms with Gasteiger partial charge in [-0.15, -0.1) is 0 Å². The monoisotopic (exact) mass is 414 g/mol. The summed E-state index contributed by atoms with van der Waals surface area (Å²) in [5.41, 5.74) is 0.577. The first-order valence-electron chi connectivity index (χ1n) is 9.44. The average molecular weight is 415 g/mol. The lowest BCUT2D eigenvalue weighted by molar-refractivity contribution is 0.0683. The van der Waals surface area contributed by atoms with Crippen LogP contribution in [0.1, 0.15) is 43.0 Å². The van der Waals surface area contributed by atoms with Gasteiger partial charge in [0.25, 0.3) is 5.91 Å². The Hall–Kier alpha value is -1.31. The van der Waals surface area contributed by atoms with Crippen LogP contribution < -0.4 is 4.74 Å². The van der Waals surface area contributed by atoms with Crippen molar-refractivity contribution in [2.45, 2.75) is 38.7 Å². The maximum absolute atomic E-state index is 12.7. The first kappa shape index (κ1) is 20.4. The zero-order chi connectivity index (χ0) is 19.6. The van der Waals surface area contributed by atoms with Gasteiger partial charge in [0.1, 0.15) is 11.9 Å². The summed E-state index contributed by atoms with van der Waals surface area (Å²) in [6.45, 7) is 4.64. The molecule has 2 aliphatic rings. The van der Waals surface area contributed by atoms with Crippen molar-refractivity contribution in [3.05, 3.63) is 28.8 Å². The van der Waals surface area contributed by atoms with Crippen molar-refractivity contribution in [3.63, 3.8) is 0 Å². The lowest BCUT2D eigenvalue weighted by Gasteiger charge is -2.31. The fourth-order valence-electron chi connectivity index (χ4n) is 3.75. The van der Waals surface area contributed by atoms with Crippen LogP contribution in [0.25, 0.3) is 0 Å². The second-order valence-electron chi connectivity index (χ2n) is 7.62. The van der Waals surface area contributed by atoms with Crippen molar-refractivity contribution in [1.82, 2.24) is 9.21 Å². The number of halogens is 1. The Morgan fingerprint density at radius 2 is 1.89 bits per heavy atom. The molecule has 3 rings (SSSR count). The van der Waals surface area contributed by atoms with Gasteiger partial charge in [-0.1, -0.05) is 18.5 Å². The Labute approximate surface area is 166 Å². The molecule has 1 atom stereocenters. The molecular formula is C19H27ClN2O4S. The van der Waals surface area contributed by atoms with Gasteiger partial charge in [-0.25, -0.2) is 12.7 Å². The van der Waals surface area contributed by atoms with Gasteiger partial charge in [-0.05, 0) is 49.8 Å². The molecule has 2 saturated heterocycles. The summed E-state index contributed by atoms with van der Waals surface area (Å²) in [7, 11) is -3.15. The van der Waals surface area contributed by atoms with Crippen molar-refractivity contribution in [1.29, 1.82) is 0 Å². The van der Waals surface area contributed by atoms with E-state index in [1.165, 1.54) is 10.6 Å². The van der Waals surface area contributed by atoms with E-state index in [1.807, 2.05) is 4.90 Å². The van der Waals surface area contributed by atoms with E-state index in [2.05, 4.69) is 6.92 Å². The molecule has 27 heavy (non-hydrogen) atoms. The highest BCUT2D eigenvalue weighted by Crippen LogP contribution is 2.29. The van der Waals surface area contributed by atoms with E-state index in [9.17, 15) is 13.2 Å². The smallest absolute Gasteiger partial charge is 0.253 e. The van der Waals surface area contributed by atoms with Crippen LogP contribution in [-0.2, 0) is 10.0 Å². The molecule has 2 heterocycles. The third-order valence-electron chi connectivity index (χ3n) is 5.29. The topological polar surface area (TPSA) is 66.9 Å². The van der Waals surface area contributed by atoms with Crippen molar-refractivity contribution in [3.8, 4) is 5.75 Å². The van der Waals surface area contributed by atoms with Crippen molar-refractivity contribution in [2.75, 3.05) is 32.4 Å². The fourth-order valence-corrected chi connectivity index (χ4v) is 4.85. The maximum atomic E-state index is 12.7. The minimum absolute atomic E-state index is 0.0106. The molecule has 0 bridgehead atoms. The fraction of sp³-hybridized carbons (Fsp3) is 0.632. The van der Waals surface area contributed by atoms with E-state index in [-0.39, 0.29) is 12.0 Å². The van der Waals surface area contributed by atoms with E-state index in [4.69, 9.17) is 16.3 Å². The van der Waals surface area contributed by atoms with E-state index < -0.39 is 10.0 Å². The van der Waals surface area contributed by atoms with Gasteiger partial charge in [0.2, 0.25) is 10.0 Å². The van der Waals surface area contributed by atoms with Crippen LogP contribution in [0, 0.1) is 5.92 Å². The summed E-state index contributed by atoms with van der Waals surface area (Å²) in [4.78, 5) is 14.6. The quantitative estimate of drug-likeness (QED) is 0.759. The van der Waals surface area contributed by atoms with Crippen molar-refractivity contribution < 1.29 is 17.9 Å². The minimum Gasteiger partial charge on any atom is -0.489 e. The normalized spacial score (nSPS) is 22.6. The Morgan fingerprint density at radius 1 is 1.19 bits per heavy atom. The molecule has 0 N–H and O–H groups in total. The Morgan fingerprint density at radius 3 is 2.48 bits per heavy atom. The molecule has 1 amide bonds. The zero-order valence-electron chi connectivity index (χ0n) is 15.9. The molecule has 0 radical (unpaired) electrons. The van der Waals surface area contributed by atoms with Gasteiger partial charge >= 0.3 is 0 Å².